The highest BCUT2D eigenvalue weighted by Gasteiger charge is 2.18. The van der Waals surface area contributed by atoms with Gasteiger partial charge in [0.15, 0.2) is 0 Å². The number of esters is 1. The van der Waals surface area contributed by atoms with Crippen LogP contribution in [0.25, 0.3) is 10.6 Å². The molecule has 0 atom stereocenters. The number of aromatic nitrogens is 1. The molecule has 0 saturated carbocycles. The Bertz CT molecular complexity index is 489. The van der Waals surface area contributed by atoms with Crippen molar-refractivity contribution in [2.75, 3.05) is 6.61 Å². The molecule has 0 aliphatic carbocycles. The molecule has 0 saturated heterocycles. The molecule has 5 heteroatoms. The largest absolute Gasteiger partial charge is 0.518 e. The lowest BCUT2D eigenvalue weighted by Crippen LogP contribution is -2.09. The molecule has 0 aliphatic heterocycles. The highest BCUT2D eigenvalue weighted by atomic mass is 16.5. The lowest BCUT2D eigenvalue weighted by molar-refractivity contribution is -0.138. The Morgan fingerprint density at radius 1 is 1.42 bits per heavy atom. The van der Waals surface area contributed by atoms with E-state index in [-0.39, 0.29) is 12.4 Å². The Balaban J connectivity index is 2.77. The number of aliphatic hydroxyl groups excluding tert-OH is 1. The first-order valence-corrected chi connectivity index (χ1v) is 6.09. The van der Waals surface area contributed by atoms with Crippen molar-refractivity contribution in [1.82, 2.24) is 4.98 Å². The first-order chi connectivity index (χ1) is 9.20. The summed E-state index contributed by atoms with van der Waals surface area (Å²) in [5, 5.41) is 9.89. The molecule has 0 spiro atoms. The molecule has 1 aromatic heterocycles. The van der Waals surface area contributed by atoms with E-state index < -0.39 is 11.7 Å². The van der Waals surface area contributed by atoms with Gasteiger partial charge in [-0.05, 0) is 18.6 Å². The molecule has 0 unspecified atom stereocenters. The van der Waals surface area contributed by atoms with Gasteiger partial charge in [-0.2, -0.15) is 0 Å². The van der Waals surface area contributed by atoms with Gasteiger partial charge in [-0.25, -0.2) is 4.85 Å². The smallest absolute Gasteiger partial charge is 0.340 e. The van der Waals surface area contributed by atoms with Crippen LogP contribution in [0.2, 0.25) is 0 Å². The van der Waals surface area contributed by atoms with E-state index in [0.29, 0.717) is 5.56 Å². The van der Waals surface area contributed by atoms with Crippen LogP contribution in [-0.4, -0.2) is 22.7 Å². The van der Waals surface area contributed by atoms with E-state index in [9.17, 15) is 9.90 Å². The monoisotopic (exact) mass is 260 g/mol. The quantitative estimate of drug-likeness (QED) is 0.281. The lowest BCUT2D eigenvalue weighted by Gasteiger charge is -2.05. The van der Waals surface area contributed by atoms with E-state index in [1.54, 1.807) is 0 Å². The summed E-state index contributed by atoms with van der Waals surface area (Å²) in [6, 6.07) is 3.04. The molecule has 0 aliphatic rings. The number of rotatable bonds is 6. The molecule has 5 nitrogen and oxygen atoms in total. The van der Waals surface area contributed by atoms with E-state index in [1.165, 1.54) is 24.5 Å². The number of nitrogens with zero attached hydrogens (tertiary/aromatic N) is 2. The molecule has 0 amide bonds. The molecule has 1 rings (SSSR count). The van der Waals surface area contributed by atoms with Gasteiger partial charge in [0.2, 0.25) is 0 Å². The van der Waals surface area contributed by atoms with Gasteiger partial charge in [0.1, 0.15) is 5.76 Å². The summed E-state index contributed by atoms with van der Waals surface area (Å²) in [4.78, 5) is 18.5. The van der Waals surface area contributed by atoms with Crippen LogP contribution in [0.1, 0.15) is 31.7 Å². The predicted molar refractivity (Wildman–Crippen MR) is 70.9 cm³/mol. The van der Waals surface area contributed by atoms with Crippen molar-refractivity contribution in [3.63, 3.8) is 0 Å². The Labute approximate surface area is 112 Å². The molecule has 1 N–H and O–H groups in total. The number of carbonyl (C=O) groups excluding carboxylic acids is 1. The molecule has 1 aromatic rings. The summed E-state index contributed by atoms with van der Waals surface area (Å²) < 4.78 is 4.95. The maximum absolute atomic E-state index is 11.7. The van der Waals surface area contributed by atoms with E-state index in [4.69, 9.17) is 11.3 Å². The minimum Gasteiger partial charge on any atom is -0.518 e. The molecule has 0 bridgehead atoms. The maximum atomic E-state index is 11.7. The van der Waals surface area contributed by atoms with Crippen molar-refractivity contribution in [2.45, 2.75) is 26.2 Å². The first-order valence-electron chi connectivity index (χ1n) is 6.09. The number of ether oxygens (including phenoxy) is 1. The van der Waals surface area contributed by atoms with Crippen LogP contribution in [-0.2, 0) is 9.53 Å². The normalized spacial score (nSPS) is 11.4. The van der Waals surface area contributed by atoms with E-state index >= 15 is 0 Å². The zero-order valence-corrected chi connectivity index (χ0v) is 10.8. The SMILES string of the molecule is [C-]#[N+]/C(C(=O)OCCCCC)=C(/O)c1ccncc1. The van der Waals surface area contributed by atoms with E-state index in [0.717, 1.165) is 19.3 Å². The average molecular weight is 260 g/mol. The molecule has 100 valence electrons. The Morgan fingerprint density at radius 2 is 2.11 bits per heavy atom. The van der Waals surface area contributed by atoms with Gasteiger partial charge < -0.3 is 9.84 Å². The van der Waals surface area contributed by atoms with Crippen molar-refractivity contribution in [3.8, 4) is 0 Å². The first kappa shape index (κ1) is 14.7. The third-order valence-corrected chi connectivity index (χ3v) is 2.46. The second kappa shape index (κ2) is 7.88. The van der Waals surface area contributed by atoms with Crippen LogP contribution < -0.4 is 0 Å². The predicted octanol–water partition coefficient (Wildman–Crippen LogP) is 2.96. The van der Waals surface area contributed by atoms with Crippen LogP contribution in [0.15, 0.2) is 30.2 Å². The van der Waals surface area contributed by atoms with Crippen molar-refractivity contribution in [2.24, 2.45) is 0 Å². The van der Waals surface area contributed by atoms with Crippen molar-refractivity contribution < 1.29 is 14.6 Å². The van der Waals surface area contributed by atoms with Gasteiger partial charge in [0.05, 0.1) is 13.2 Å². The molecular weight excluding hydrogens is 244 g/mol. The van der Waals surface area contributed by atoms with Crippen LogP contribution in [0.5, 0.6) is 0 Å². The van der Waals surface area contributed by atoms with Gasteiger partial charge >= 0.3 is 11.7 Å². The Kier molecular flexibility index (Phi) is 6.10. The van der Waals surface area contributed by atoms with Crippen LogP contribution in [0.4, 0.5) is 0 Å². The highest BCUT2D eigenvalue weighted by molar-refractivity contribution is 5.97. The van der Waals surface area contributed by atoms with Crippen molar-refractivity contribution in [1.29, 1.82) is 0 Å². The topological polar surface area (TPSA) is 63.8 Å². The molecule has 0 fully saturated rings. The van der Waals surface area contributed by atoms with Crippen LogP contribution >= 0.6 is 0 Å². The second-order valence-electron chi connectivity index (χ2n) is 3.89. The van der Waals surface area contributed by atoms with Crippen molar-refractivity contribution in [3.05, 3.63) is 47.2 Å². The number of pyridine rings is 1. The summed E-state index contributed by atoms with van der Waals surface area (Å²) >= 11 is 0. The van der Waals surface area contributed by atoms with Gasteiger partial charge in [0.25, 0.3) is 0 Å². The van der Waals surface area contributed by atoms with Gasteiger partial charge in [0, 0.05) is 18.0 Å². The molecule has 0 radical (unpaired) electrons. The van der Waals surface area contributed by atoms with Gasteiger partial charge in [-0.15, -0.1) is 0 Å². The summed E-state index contributed by atoms with van der Waals surface area (Å²) in [5.74, 6) is -1.17. The third kappa shape index (κ3) is 4.43. The molecule has 0 aromatic carbocycles. The number of hydrogen-bond donors (Lipinski definition) is 1. The standard InChI is InChI=1S/C14H16N2O3/c1-3-4-5-10-19-14(18)12(15-2)13(17)11-6-8-16-9-7-11/h6-9,17H,3-5,10H2,1H3/b13-12+. The second-order valence-corrected chi connectivity index (χ2v) is 3.89. The zero-order chi connectivity index (χ0) is 14.1. The van der Waals surface area contributed by atoms with Crippen molar-refractivity contribution >= 4 is 11.7 Å². The van der Waals surface area contributed by atoms with Gasteiger partial charge in [-0.3, -0.25) is 9.78 Å². The fraction of sp³-hybridized carbons (Fsp3) is 0.357. The zero-order valence-electron chi connectivity index (χ0n) is 10.8. The fourth-order valence-electron chi connectivity index (χ4n) is 1.43. The minimum absolute atomic E-state index is 0.259. The minimum atomic E-state index is -0.791. The average Bonchev–Trinajstić information content (AvgIpc) is 2.45. The molecular formula is C14H16N2O3. The number of hydrogen-bond acceptors (Lipinski definition) is 4. The number of aliphatic hydroxyl groups is 1. The Hall–Kier alpha value is -2.35. The lowest BCUT2D eigenvalue weighted by atomic mass is 10.2. The maximum Gasteiger partial charge on any atom is 0.340 e. The summed E-state index contributed by atoms with van der Waals surface area (Å²) in [6.07, 6.45) is 5.68. The van der Waals surface area contributed by atoms with E-state index in [2.05, 4.69) is 9.83 Å². The van der Waals surface area contributed by atoms with Gasteiger partial charge in [-0.1, -0.05) is 19.8 Å². The summed E-state index contributed by atoms with van der Waals surface area (Å²) in [5.41, 5.74) is -0.0331. The van der Waals surface area contributed by atoms with E-state index in [1.807, 2.05) is 6.92 Å². The third-order valence-electron chi connectivity index (χ3n) is 2.46. The number of unbranched alkanes of at least 4 members (excludes halogenated alkanes) is 2. The fourth-order valence-corrected chi connectivity index (χ4v) is 1.43. The summed E-state index contributed by atoms with van der Waals surface area (Å²) in [7, 11) is 0. The Morgan fingerprint density at radius 3 is 2.68 bits per heavy atom. The van der Waals surface area contributed by atoms with Crippen LogP contribution in [0.3, 0.4) is 0 Å². The highest BCUT2D eigenvalue weighted by Crippen LogP contribution is 2.17. The molecule has 19 heavy (non-hydrogen) atoms. The summed E-state index contributed by atoms with van der Waals surface area (Å²) in [6.45, 7) is 9.28. The molecule has 1 heterocycles. The number of carbonyl (C=O) groups is 1. The van der Waals surface area contributed by atoms with Crippen LogP contribution in [0, 0.1) is 6.57 Å².